The summed E-state index contributed by atoms with van der Waals surface area (Å²) in [5, 5.41) is 4.95. The van der Waals surface area contributed by atoms with E-state index in [-0.39, 0.29) is 6.61 Å². The molecule has 0 saturated carbocycles. The fourth-order valence-corrected chi connectivity index (χ4v) is 5.86. The zero-order chi connectivity index (χ0) is 30.1. The summed E-state index contributed by atoms with van der Waals surface area (Å²) in [5.41, 5.74) is -1.42. The Labute approximate surface area is 247 Å². The van der Waals surface area contributed by atoms with E-state index in [1.807, 2.05) is 27.7 Å². The van der Waals surface area contributed by atoms with E-state index in [0.717, 1.165) is 0 Å². The van der Waals surface area contributed by atoms with Crippen LogP contribution in [0.2, 0.25) is 5.02 Å². The predicted octanol–water partition coefficient (Wildman–Crippen LogP) is 2.72. The van der Waals surface area contributed by atoms with Crippen molar-refractivity contribution in [2.24, 2.45) is 0 Å². The maximum atomic E-state index is 12.4. The molecule has 15 heteroatoms. The Bertz CT molecular complexity index is 1280. The smallest absolute Gasteiger partial charge is 0.463 e. The molecule has 12 nitrogen and oxygen atoms in total. The molecule has 222 valence electrons. The highest BCUT2D eigenvalue weighted by atomic mass is 35.5. The quantitative estimate of drug-likeness (QED) is 0.247. The Morgan fingerprint density at radius 1 is 1.00 bits per heavy atom. The van der Waals surface area contributed by atoms with Gasteiger partial charge in [-0.3, -0.25) is 24.0 Å². The standard InChI is InChI=1S/C26H33BClN3O9S/c1-14(32)35-13-20-22(36-15(2)33)21(31-12-17(9-30-31)27-39-25(4,5)26(6,7)40-27)23(37-16(3)34)24(38-20)41-19-8-18(28)10-29-11-19/h8-12,20-24H,13H2,1-7H3/t20?,21?,22-,23?,24+/m0/s1. The molecule has 2 saturated heterocycles. The third kappa shape index (κ3) is 7.23. The third-order valence-electron chi connectivity index (χ3n) is 7.06. The fraction of sp³-hybridized carbons (Fsp3) is 0.577. The van der Waals surface area contributed by atoms with Crippen LogP contribution in [0.4, 0.5) is 0 Å². The van der Waals surface area contributed by atoms with Crippen LogP contribution in [-0.2, 0) is 42.6 Å². The van der Waals surface area contributed by atoms with Crippen molar-refractivity contribution in [2.75, 3.05) is 6.61 Å². The van der Waals surface area contributed by atoms with E-state index in [4.69, 9.17) is 39.9 Å². The van der Waals surface area contributed by atoms with Gasteiger partial charge in [-0.1, -0.05) is 23.4 Å². The van der Waals surface area contributed by atoms with Crippen molar-refractivity contribution in [1.29, 1.82) is 0 Å². The molecule has 5 atom stereocenters. The predicted molar refractivity (Wildman–Crippen MR) is 148 cm³/mol. The number of aromatic nitrogens is 3. The molecule has 0 aliphatic carbocycles. The second-order valence-electron chi connectivity index (χ2n) is 10.8. The van der Waals surface area contributed by atoms with Gasteiger partial charge in [0.15, 0.2) is 12.2 Å². The van der Waals surface area contributed by atoms with Crippen molar-refractivity contribution in [1.82, 2.24) is 14.8 Å². The number of pyridine rings is 1. The summed E-state index contributed by atoms with van der Waals surface area (Å²) in [6.07, 6.45) is 3.34. The number of nitrogens with zero attached hydrogens (tertiary/aromatic N) is 3. The first-order valence-electron chi connectivity index (χ1n) is 13.0. The molecule has 4 heterocycles. The van der Waals surface area contributed by atoms with Gasteiger partial charge in [0, 0.05) is 55.9 Å². The number of thioether (sulfide) groups is 1. The van der Waals surface area contributed by atoms with Crippen molar-refractivity contribution >= 4 is 53.9 Å². The monoisotopic (exact) mass is 609 g/mol. The molecule has 0 bridgehead atoms. The van der Waals surface area contributed by atoms with Crippen LogP contribution in [0.25, 0.3) is 0 Å². The number of hydrogen-bond donors (Lipinski definition) is 0. The van der Waals surface area contributed by atoms with Crippen molar-refractivity contribution in [3.05, 3.63) is 35.9 Å². The largest absolute Gasteiger partial charge is 0.498 e. The van der Waals surface area contributed by atoms with Gasteiger partial charge in [-0.15, -0.1) is 0 Å². The molecule has 41 heavy (non-hydrogen) atoms. The van der Waals surface area contributed by atoms with Gasteiger partial charge in [-0.25, -0.2) is 0 Å². The first kappa shape index (κ1) is 31.3. The fourth-order valence-electron chi connectivity index (χ4n) is 4.49. The first-order valence-corrected chi connectivity index (χ1v) is 14.2. The summed E-state index contributed by atoms with van der Waals surface area (Å²) in [4.78, 5) is 41.1. The Balaban J connectivity index is 1.76. The topological polar surface area (TPSA) is 137 Å². The molecule has 2 aliphatic heterocycles. The molecule has 2 aromatic rings. The molecule has 2 fully saturated rings. The minimum atomic E-state index is -1.06. The number of hydrogen-bond acceptors (Lipinski definition) is 12. The highest BCUT2D eigenvalue weighted by Gasteiger charge is 2.54. The molecule has 0 N–H and O–H groups in total. The van der Waals surface area contributed by atoms with Gasteiger partial charge in [-0.2, -0.15) is 5.10 Å². The Morgan fingerprint density at radius 2 is 1.63 bits per heavy atom. The second kappa shape index (κ2) is 12.3. The number of carbonyl (C=O) groups excluding carboxylic acids is 3. The van der Waals surface area contributed by atoms with Crippen LogP contribution in [0.15, 0.2) is 35.7 Å². The Hall–Kier alpha value is -2.65. The lowest BCUT2D eigenvalue weighted by molar-refractivity contribution is -0.212. The molecule has 4 rings (SSSR count). The minimum Gasteiger partial charge on any atom is -0.463 e. The lowest BCUT2D eigenvalue weighted by Crippen LogP contribution is -2.57. The van der Waals surface area contributed by atoms with Crippen LogP contribution in [0, 0.1) is 0 Å². The average Bonchev–Trinajstić information content (AvgIpc) is 3.41. The summed E-state index contributed by atoms with van der Waals surface area (Å²) < 4.78 is 37.0. The summed E-state index contributed by atoms with van der Waals surface area (Å²) in [6.45, 7) is 11.3. The van der Waals surface area contributed by atoms with Crippen LogP contribution in [0.1, 0.15) is 54.5 Å². The van der Waals surface area contributed by atoms with Gasteiger partial charge >= 0.3 is 25.0 Å². The lowest BCUT2D eigenvalue weighted by Gasteiger charge is -2.44. The van der Waals surface area contributed by atoms with Crippen LogP contribution in [0.5, 0.6) is 0 Å². The molecule has 2 aliphatic rings. The molecule has 0 radical (unpaired) electrons. The third-order valence-corrected chi connectivity index (χ3v) is 8.37. The van der Waals surface area contributed by atoms with Crippen molar-refractivity contribution in [3.8, 4) is 0 Å². The van der Waals surface area contributed by atoms with E-state index in [9.17, 15) is 14.4 Å². The Morgan fingerprint density at radius 3 is 2.22 bits per heavy atom. The number of carbonyl (C=O) groups is 3. The highest BCUT2D eigenvalue weighted by molar-refractivity contribution is 7.99. The Kier molecular flexibility index (Phi) is 9.39. The average molecular weight is 610 g/mol. The molecule has 0 spiro atoms. The van der Waals surface area contributed by atoms with E-state index < -0.39 is 66.0 Å². The second-order valence-corrected chi connectivity index (χ2v) is 12.4. The number of halogens is 1. The molecule has 3 unspecified atom stereocenters. The molecule has 0 aromatic carbocycles. The number of ether oxygens (including phenoxy) is 4. The van der Waals surface area contributed by atoms with Crippen LogP contribution < -0.4 is 5.46 Å². The maximum absolute atomic E-state index is 12.4. The zero-order valence-corrected chi connectivity index (χ0v) is 25.4. The van der Waals surface area contributed by atoms with Crippen molar-refractivity contribution < 1.29 is 42.6 Å². The molecular formula is C26H33BClN3O9S. The van der Waals surface area contributed by atoms with E-state index in [1.165, 1.54) is 43.4 Å². The first-order chi connectivity index (χ1) is 19.2. The highest BCUT2D eigenvalue weighted by Crippen LogP contribution is 2.42. The van der Waals surface area contributed by atoms with Gasteiger partial charge in [0.05, 0.1) is 16.2 Å². The van der Waals surface area contributed by atoms with Crippen molar-refractivity contribution in [3.63, 3.8) is 0 Å². The SMILES string of the molecule is CC(=O)OCC1O[C@H](Sc2cncc(Cl)c2)C(OC(C)=O)C(n2cc(B3OC(C)(C)C(C)(C)O3)cn2)[C@H]1OC(C)=O. The summed E-state index contributed by atoms with van der Waals surface area (Å²) in [5.74, 6) is -1.74. The summed E-state index contributed by atoms with van der Waals surface area (Å²) >= 11 is 7.35. The van der Waals surface area contributed by atoms with Gasteiger partial charge in [0.1, 0.15) is 24.2 Å². The maximum Gasteiger partial charge on any atom is 0.498 e. The summed E-state index contributed by atoms with van der Waals surface area (Å²) in [7, 11) is -0.715. The van der Waals surface area contributed by atoms with Crippen LogP contribution in [-0.4, -0.2) is 81.3 Å². The van der Waals surface area contributed by atoms with Gasteiger partial charge < -0.3 is 28.3 Å². The zero-order valence-electron chi connectivity index (χ0n) is 23.9. The van der Waals surface area contributed by atoms with Crippen LogP contribution >= 0.6 is 23.4 Å². The van der Waals surface area contributed by atoms with Gasteiger partial charge in [0.2, 0.25) is 0 Å². The normalized spacial score (nSPS) is 26.8. The number of rotatable bonds is 8. The van der Waals surface area contributed by atoms with Gasteiger partial charge in [0.25, 0.3) is 0 Å². The van der Waals surface area contributed by atoms with Gasteiger partial charge in [-0.05, 0) is 33.8 Å². The molecule has 0 amide bonds. The summed E-state index contributed by atoms with van der Waals surface area (Å²) in [6, 6.07) is 0.796. The lowest BCUT2D eigenvalue weighted by atomic mass is 9.82. The van der Waals surface area contributed by atoms with E-state index in [2.05, 4.69) is 10.1 Å². The number of esters is 3. The molecule has 2 aromatic heterocycles. The molecular weight excluding hydrogens is 577 g/mol. The minimum absolute atomic E-state index is 0.229. The van der Waals surface area contributed by atoms with E-state index in [0.29, 0.717) is 15.4 Å². The van der Waals surface area contributed by atoms with Crippen molar-refractivity contribution in [2.45, 2.75) is 94.4 Å². The van der Waals surface area contributed by atoms with Crippen LogP contribution in [0.3, 0.4) is 0 Å². The van der Waals surface area contributed by atoms with E-state index in [1.54, 1.807) is 24.7 Å². The van der Waals surface area contributed by atoms with E-state index >= 15 is 0 Å².